The number of rotatable bonds is 4. The molecule has 1 aromatic rings. The van der Waals surface area contributed by atoms with Gasteiger partial charge in [-0.05, 0) is 51.5 Å². The summed E-state index contributed by atoms with van der Waals surface area (Å²) in [4.78, 5) is 4.78. The molecule has 0 saturated carbocycles. The first kappa shape index (κ1) is 17.7. The van der Waals surface area contributed by atoms with Crippen molar-refractivity contribution in [3.63, 3.8) is 0 Å². The normalized spacial score (nSPS) is 27.8. The van der Waals surface area contributed by atoms with E-state index in [1.54, 1.807) is 0 Å². The summed E-state index contributed by atoms with van der Waals surface area (Å²) in [5.74, 6) is 0.834. The summed E-state index contributed by atoms with van der Waals surface area (Å²) in [6, 6.07) is 8.46. The van der Waals surface area contributed by atoms with Crippen LogP contribution >= 0.6 is 0 Å². The van der Waals surface area contributed by atoms with E-state index in [-0.39, 0.29) is 6.61 Å². The fourth-order valence-electron chi connectivity index (χ4n) is 3.64. The molecule has 24 heavy (non-hydrogen) atoms. The Morgan fingerprint density at radius 3 is 2.75 bits per heavy atom. The van der Waals surface area contributed by atoms with Gasteiger partial charge >= 0.3 is 0 Å². The van der Waals surface area contributed by atoms with Crippen LogP contribution in [-0.2, 0) is 4.74 Å². The van der Waals surface area contributed by atoms with Gasteiger partial charge in [-0.15, -0.1) is 0 Å². The number of aliphatic hydroxyl groups is 1. The molecule has 5 heteroatoms. The van der Waals surface area contributed by atoms with Gasteiger partial charge in [0.25, 0.3) is 0 Å². The van der Waals surface area contributed by atoms with Crippen LogP contribution in [0.5, 0.6) is 5.75 Å². The van der Waals surface area contributed by atoms with E-state index in [1.807, 2.05) is 31.2 Å². The Labute approximate surface area is 145 Å². The molecular weight excluding hydrogens is 304 g/mol. The third-order valence-corrected chi connectivity index (χ3v) is 5.19. The van der Waals surface area contributed by atoms with Crippen molar-refractivity contribution >= 4 is 0 Å². The van der Waals surface area contributed by atoms with E-state index < -0.39 is 5.60 Å². The molecule has 0 bridgehead atoms. The number of hydrogen-bond acceptors (Lipinski definition) is 5. The Morgan fingerprint density at radius 1 is 1.25 bits per heavy atom. The standard InChI is InChI=1S/C19H30N2O3/c1-16-5-3-4-6-18(16)24-15-19(22)13-21(11-12-23-14-19)17-7-9-20(2)10-8-17/h3-6,17,22H,7-15H2,1-2H3/t19-/m0/s1. The summed E-state index contributed by atoms with van der Waals surface area (Å²) in [6.45, 7) is 7.06. The number of likely N-dealkylation sites (tertiary alicyclic amines) is 1. The molecule has 0 spiro atoms. The highest BCUT2D eigenvalue weighted by molar-refractivity contribution is 5.31. The maximum Gasteiger partial charge on any atom is 0.134 e. The summed E-state index contributed by atoms with van der Waals surface area (Å²) in [5.41, 5.74) is 0.130. The van der Waals surface area contributed by atoms with Crippen molar-refractivity contribution in [1.29, 1.82) is 0 Å². The van der Waals surface area contributed by atoms with E-state index in [4.69, 9.17) is 9.47 Å². The lowest BCUT2D eigenvalue weighted by molar-refractivity contribution is -0.0688. The molecule has 2 heterocycles. The van der Waals surface area contributed by atoms with E-state index in [1.165, 1.54) is 0 Å². The van der Waals surface area contributed by atoms with Crippen molar-refractivity contribution < 1.29 is 14.6 Å². The lowest BCUT2D eigenvalue weighted by Gasteiger charge is -2.39. The minimum Gasteiger partial charge on any atom is -0.490 e. The number of aryl methyl sites for hydroxylation is 1. The average molecular weight is 334 g/mol. The Bertz CT molecular complexity index is 531. The smallest absolute Gasteiger partial charge is 0.134 e. The van der Waals surface area contributed by atoms with Crippen molar-refractivity contribution in [2.24, 2.45) is 0 Å². The van der Waals surface area contributed by atoms with Crippen molar-refractivity contribution in [3.05, 3.63) is 29.8 Å². The summed E-state index contributed by atoms with van der Waals surface area (Å²) < 4.78 is 11.6. The van der Waals surface area contributed by atoms with E-state index in [9.17, 15) is 5.11 Å². The zero-order valence-electron chi connectivity index (χ0n) is 14.9. The molecule has 0 aromatic heterocycles. The van der Waals surface area contributed by atoms with Crippen LogP contribution in [0.1, 0.15) is 18.4 Å². The van der Waals surface area contributed by atoms with Crippen molar-refractivity contribution in [2.45, 2.75) is 31.4 Å². The zero-order valence-corrected chi connectivity index (χ0v) is 14.9. The number of hydrogen-bond donors (Lipinski definition) is 1. The summed E-state index contributed by atoms with van der Waals surface area (Å²) in [5, 5.41) is 11.1. The highest BCUT2D eigenvalue weighted by Gasteiger charge is 2.36. The number of nitrogens with zero attached hydrogens (tertiary/aromatic N) is 2. The highest BCUT2D eigenvalue weighted by atomic mass is 16.5. The number of benzene rings is 1. The molecule has 2 saturated heterocycles. The van der Waals surface area contributed by atoms with Crippen LogP contribution in [0.25, 0.3) is 0 Å². The second-order valence-electron chi connectivity index (χ2n) is 7.34. The number of ether oxygens (including phenoxy) is 2. The molecule has 0 unspecified atom stereocenters. The second kappa shape index (κ2) is 7.83. The first-order chi connectivity index (χ1) is 11.6. The van der Waals surface area contributed by atoms with E-state index in [0.717, 1.165) is 43.8 Å². The van der Waals surface area contributed by atoms with Gasteiger partial charge in [0.1, 0.15) is 18.0 Å². The maximum absolute atomic E-state index is 11.1. The minimum absolute atomic E-state index is 0.265. The third kappa shape index (κ3) is 4.48. The first-order valence-corrected chi connectivity index (χ1v) is 8.97. The molecule has 2 fully saturated rings. The second-order valence-corrected chi connectivity index (χ2v) is 7.34. The van der Waals surface area contributed by atoms with E-state index in [2.05, 4.69) is 16.8 Å². The molecule has 1 aromatic carbocycles. The average Bonchev–Trinajstić information content (AvgIpc) is 2.77. The molecule has 5 nitrogen and oxygen atoms in total. The van der Waals surface area contributed by atoms with Gasteiger partial charge in [0, 0.05) is 19.1 Å². The minimum atomic E-state index is -0.956. The fraction of sp³-hybridized carbons (Fsp3) is 0.684. The van der Waals surface area contributed by atoms with Gasteiger partial charge in [0.15, 0.2) is 0 Å². The van der Waals surface area contributed by atoms with Crippen LogP contribution in [-0.4, -0.2) is 79.6 Å². The molecule has 0 aliphatic carbocycles. The summed E-state index contributed by atoms with van der Waals surface area (Å²) in [6.07, 6.45) is 2.32. The van der Waals surface area contributed by atoms with E-state index >= 15 is 0 Å². The van der Waals surface area contributed by atoms with Crippen LogP contribution in [0.15, 0.2) is 24.3 Å². The molecule has 0 amide bonds. The number of piperidine rings is 1. The number of β-amino-alcohol motifs (C(OH)–C–C–N with tert-alkyl or cyclic N) is 1. The van der Waals surface area contributed by atoms with Gasteiger partial charge in [-0.2, -0.15) is 0 Å². The van der Waals surface area contributed by atoms with E-state index in [0.29, 0.717) is 25.8 Å². The Kier molecular flexibility index (Phi) is 5.76. The van der Waals surface area contributed by atoms with Gasteiger partial charge in [-0.25, -0.2) is 0 Å². The molecule has 1 N–H and O–H groups in total. The van der Waals surface area contributed by atoms with Crippen LogP contribution in [0, 0.1) is 6.92 Å². The van der Waals surface area contributed by atoms with Crippen LogP contribution < -0.4 is 4.74 Å². The van der Waals surface area contributed by atoms with Gasteiger partial charge < -0.3 is 19.5 Å². The fourth-order valence-corrected chi connectivity index (χ4v) is 3.64. The maximum atomic E-state index is 11.1. The van der Waals surface area contributed by atoms with Crippen LogP contribution in [0.3, 0.4) is 0 Å². The molecule has 2 aliphatic heterocycles. The van der Waals surface area contributed by atoms with Gasteiger partial charge in [0.2, 0.25) is 0 Å². The number of para-hydroxylation sites is 1. The SMILES string of the molecule is Cc1ccccc1OC[C@@]1(O)COCCN(C2CCN(C)CC2)C1. The monoisotopic (exact) mass is 334 g/mol. The van der Waals surface area contributed by atoms with Crippen molar-refractivity contribution in [2.75, 3.05) is 53.0 Å². The van der Waals surface area contributed by atoms with Crippen molar-refractivity contribution in [1.82, 2.24) is 9.80 Å². The third-order valence-electron chi connectivity index (χ3n) is 5.19. The molecular formula is C19H30N2O3. The largest absolute Gasteiger partial charge is 0.490 e. The molecule has 0 radical (unpaired) electrons. The first-order valence-electron chi connectivity index (χ1n) is 8.97. The van der Waals surface area contributed by atoms with Gasteiger partial charge in [-0.1, -0.05) is 18.2 Å². The molecule has 3 rings (SSSR count). The van der Waals surface area contributed by atoms with Crippen LogP contribution in [0.2, 0.25) is 0 Å². The Hall–Kier alpha value is -1.14. The summed E-state index contributed by atoms with van der Waals surface area (Å²) >= 11 is 0. The van der Waals surface area contributed by atoms with Crippen molar-refractivity contribution in [3.8, 4) is 5.75 Å². The predicted octanol–water partition coefficient (Wildman–Crippen LogP) is 1.53. The highest BCUT2D eigenvalue weighted by Crippen LogP contribution is 2.23. The molecule has 2 aliphatic rings. The zero-order chi connectivity index (χ0) is 17.0. The lowest BCUT2D eigenvalue weighted by Crippen LogP contribution is -2.53. The van der Waals surface area contributed by atoms with Gasteiger partial charge in [-0.3, -0.25) is 4.90 Å². The van der Waals surface area contributed by atoms with Crippen LogP contribution in [0.4, 0.5) is 0 Å². The summed E-state index contributed by atoms with van der Waals surface area (Å²) in [7, 11) is 2.17. The molecule has 134 valence electrons. The Morgan fingerprint density at radius 2 is 2.00 bits per heavy atom. The topological polar surface area (TPSA) is 45.2 Å². The molecule has 1 atom stereocenters. The predicted molar refractivity (Wildman–Crippen MR) is 94.5 cm³/mol. The van der Waals surface area contributed by atoms with Gasteiger partial charge in [0.05, 0.1) is 13.2 Å². The quantitative estimate of drug-likeness (QED) is 0.905. The Balaban J connectivity index is 1.61. The lowest BCUT2D eigenvalue weighted by atomic mass is 10.00.